The lowest BCUT2D eigenvalue weighted by atomic mass is 9.95. The van der Waals surface area contributed by atoms with Crippen LogP contribution < -0.4 is 5.32 Å². The molecule has 1 N–H and O–H groups in total. The number of benzene rings is 1. The largest absolute Gasteiger partial charge is 0.320 e. The summed E-state index contributed by atoms with van der Waals surface area (Å²) < 4.78 is 0. The number of halogens is 1. The fourth-order valence-corrected chi connectivity index (χ4v) is 1.33. The van der Waals surface area contributed by atoms with Crippen LogP contribution in [-0.4, -0.2) is 16.7 Å². The summed E-state index contributed by atoms with van der Waals surface area (Å²) in [5.74, 6) is -0.335. The van der Waals surface area contributed by atoms with E-state index in [1.54, 1.807) is 19.9 Å². The lowest BCUT2D eigenvalue weighted by Crippen LogP contribution is -2.32. The third-order valence-electron chi connectivity index (χ3n) is 2.52. The second-order valence-corrected chi connectivity index (χ2v) is 4.84. The van der Waals surface area contributed by atoms with Gasteiger partial charge in [0.2, 0.25) is 5.91 Å². The fourth-order valence-electron chi connectivity index (χ4n) is 1.21. The molecule has 0 radical (unpaired) electrons. The second-order valence-electron chi connectivity index (χ2n) is 4.57. The van der Waals surface area contributed by atoms with Gasteiger partial charge in [-0.1, -0.05) is 0 Å². The predicted molar refractivity (Wildman–Crippen MR) is 70.9 cm³/mol. The quantitative estimate of drug-likeness (QED) is 0.521. The number of anilines is 1. The van der Waals surface area contributed by atoms with E-state index >= 15 is 0 Å². The molecule has 100 valence electrons. The molecule has 0 aliphatic carbocycles. The molecule has 0 fully saturated rings. The van der Waals surface area contributed by atoms with Crippen molar-refractivity contribution in [3.05, 3.63) is 33.9 Å². The van der Waals surface area contributed by atoms with Crippen LogP contribution in [0.2, 0.25) is 0 Å². The zero-order chi connectivity index (χ0) is 14.6. The van der Waals surface area contributed by atoms with Crippen molar-refractivity contribution < 1.29 is 9.72 Å². The molecule has 0 spiro atoms. The number of nitrogens with zero attached hydrogens (tertiary/aromatic N) is 2. The Morgan fingerprint density at radius 3 is 2.68 bits per heavy atom. The van der Waals surface area contributed by atoms with Gasteiger partial charge in [-0.2, -0.15) is 5.26 Å². The highest BCUT2D eigenvalue weighted by atomic mass is 35.5. The van der Waals surface area contributed by atoms with Crippen LogP contribution in [0.25, 0.3) is 0 Å². The first kappa shape index (κ1) is 14.9. The number of hydrogen-bond acceptors (Lipinski definition) is 4. The zero-order valence-electron chi connectivity index (χ0n) is 10.4. The molecule has 0 unspecified atom stereocenters. The molecule has 0 saturated heterocycles. The number of amides is 1. The summed E-state index contributed by atoms with van der Waals surface area (Å²) in [5, 5.41) is 22.1. The van der Waals surface area contributed by atoms with Crippen molar-refractivity contribution in [1.82, 2.24) is 0 Å². The molecule has 7 heteroatoms. The predicted octanol–water partition coefficient (Wildman–Crippen LogP) is 2.67. The van der Waals surface area contributed by atoms with E-state index in [-0.39, 0.29) is 22.8 Å². The normalized spacial score (nSPS) is 10.6. The summed E-state index contributed by atoms with van der Waals surface area (Å²) in [4.78, 5) is 22.2. The lowest BCUT2D eigenvalue weighted by molar-refractivity contribution is -0.384. The maximum Gasteiger partial charge on any atom is 0.294 e. The van der Waals surface area contributed by atoms with Crippen molar-refractivity contribution in [1.29, 1.82) is 5.26 Å². The van der Waals surface area contributed by atoms with E-state index in [9.17, 15) is 14.9 Å². The standard InChI is InChI=1S/C12H12ClN3O3/c1-12(2,7-13)11(17)15-9-4-3-8(6-14)5-10(9)16(18)19/h3-5H,7H2,1-2H3,(H,15,17). The Balaban J connectivity index is 3.12. The molecule has 1 amide bonds. The van der Waals surface area contributed by atoms with E-state index in [4.69, 9.17) is 16.9 Å². The van der Waals surface area contributed by atoms with Gasteiger partial charge in [-0.3, -0.25) is 14.9 Å². The van der Waals surface area contributed by atoms with Crippen LogP contribution in [0, 0.1) is 26.9 Å². The summed E-state index contributed by atoms with van der Waals surface area (Å²) >= 11 is 5.67. The minimum Gasteiger partial charge on any atom is -0.320 e. The monoisotopic (exact) mass is 281 g/mol. The Labute approximate surface area is 115 Å². The molecule has 1 aromatic rings. The average molecular weight is 282 g/mol. The van der Waals surface area contributed by atoms with Crippen molar-refractivity contribution in [2.75, 3.05) is 11.2 Å². The molecule has 0 atom stereocenters. The number of carbonyl (C=O) groups excluding carboxylic acids is 1. The zero-order valence-corrected chi connectivity index (χ0v) is 11.2. The molecule has 0 heterocycles. The number of nitrogens with one attached hydrogen (secondary N) is 1. The van der Waals surface area contributed by atoms with Crippen LogP contribution in [0.15, 0.2) is 18.2 Å². The molecule has 0 aliphatic heterocycles. The third kappa shape index (κ3) is 3.42. The molecule has 6 nitrogen and oxygen atoms in total. The van der Waals surface area contributed by atoms with Gasteiger partial charge in [-0.25, -0.2) is 0 Å². The number of nitro groups is 1. The Bertz CT molecular complexity index is 564. The van der Waals surface area contributed by atoms with Crippen LogP contribution in [0.1, 0.15) is 19.4 Å². The maximum atomic E-state index is 11.9. The number of nitro benzene ring substituents is 1. The van der Waals surface area contributed by atoms with Crippen LogP contribution in [-0.2, 0) is 4.79 Å². The minimum absolute atomic E-state index is 0.0483. The van der Waals surface area contributed by atoms with E-state index in [1.165, 1.54) is 12.1 Å². The number of alkyl halides is 1. The van der Waals surface area contributed by atoms with E-state index in [0.29, 0.717) is 0 Å². The highest BCUT2D eigenvalue weighted by molar-refractivity contribution is 6.20. The topological polar surface area (TPSA) is 96.0 Å². The summed E-state index contributed by atoms with van der Waals surface area (Å²) in [6.45, 7) is 3.26. The van der Waals surface area contributed by atoms with E-state index in [0.717, 1.165) is 6.07 Å². The van der Waals surface area contributed by atoms with E-state index in [2.05, 4.69) is 5.32 Å². The Hall–Kier alpha value is -2.13. The number of carbonyl (C=O) groups is 1. The van der Waals surface area contributed by atoms with Crippen LogP contribution in [0.5, 0.6) is 0 Å². The van der Waals surface area contributed by atoms with Crippen LogP contribution >= 0.6 is 11.6 Å². The van der Waals surface area contributed by atoms with Gasteiger partial charge in [-0.05, 0) is 26.0 Å². The number of nitriles is 1. The highest BCUT2D eigenvalue weighted by Crippen LogP contribution is 2.28. The smallest absolute Gasteiger partial charge is 0.294 e. The highest BCUT2D eigenvalue weighted by Gasteiger charge is 2.28. The van der Waals surface area contributed by atoms with Gasteiger partial charge in [0.25, 0.3) is 5.69 Å². The fraction of sp³-hybridized carbons (Fsp3) is 0.333. The molecule has 1 aromatic carbocycles. The Morgan fingerprint density at radius 2 is 2.21 bits per heavy atom. The average Bonchev–Trinajstić information content (AvgIpc) is 2.38. The van der Waals surface area contributed by atoms with E-state index < -0.39 is 16.2 Å². The molecule has 19 heavy (non-hydrogen) atoms. The molecule has 0 aliphatic rings. The van der Waals surface area contributed by atoms with Gasteiger partial charge in [0.05, 0.1) is 22.0 Å². The van der Waals surface area contributed by atoms with Crippen molar-refractivity contribution in [3.8, 4) is 6.07 Å². The first-order valence-corrected chi connectivity index (χ1v) is 5.91. The van der Waals surface area contributed by atoms with Gasteiger partial charge in [-0.15, -0.1) is 11.6 Å². The molecular formula is C12H12ClN3O3. The molecule has 0 aromatic heterocycles. The first-order chi connectivity index (χ1) is 8.81. The summed E-state index contributed by atoms with van der Waals surface area (Å²) in [6, 6.07) is 5.65. The van der Waals surface area contributed by atoms with Crippen LogP contribution in [0.4, 0.5) is 11.4 Å². The Kier molecular flexibility index (Phi) is 4.46. The van der Waals surface area contributed by atoms with Crippen molar-refractivity contribution in [2.24, 2.45) is 5.41 Å². The van der Waals surface area contributed by atoms with Crippen molar-refractivity contribution in [3.63, 3.8) is 0 Å². The van der Waals surface area contributed by atoms with E-state index in [1.807, 2.05) is 0 Å². The second kappa shape index (κ2) is 5.67. The SMILES string of the molecule is CC(C)(CCl)C(=O)Nc1ccc(C#N)cc1[N+](=O)[O-]. The summed E-state index contributed by atoms with van der Waals surface area (Å²) in [6.07, 6.45) is 0. The molecule has 0 saturated carbocycles. The number of hydrogen-bond donors (Lipinski definition) is 1. The minimum atomic E-state index is -0.844. The van der Waals surface area contributed by atoms with Crippen molar-refractivity contribution in [2.45, 2.75) is 13.8 Å². The van der Waals surface area contributed by atoms with Crippen LogP contribution in [0.3, 0.4) is 0 Å². The van der Waals surface area contributed by atoms with Crippen molar-refractivity contribution >= 4 is 28.9 Å². The number of rotatable bonds is 4. The third-order valence-corrected chi connectivity index (χ3v) is 3.19. The summed E-state index contributed by atoms with van der Waals surface area (Å²) in [5.41, 5.74) is -0.963. The Morgan fingerprint density at radius 1 is 1.58 bits per heavy atom. The van der Waals surface area contributed by atoms with Gasteiger partial charge < -0.3 is 5.32 Å². The lowest BCUT2D eigenvalue weighted by Gasteiger charge is -2.20. The molecule has 0 bridgehead atoms. The van der Waals surface area contributed by atoms with Gasteiger partial charge in [0.15, 0.2) is 0 Å². The van der Waals surface area contributed by atoms with Gasteiger partial charge >= 0.3 is 0 Å². The maximum absolute atomic E-state index is 11.9. The first-order valence-electron chi connectivity index (χ1n) is 5.38. The van der Waals surface area contributed by atoms with Gasteiger partial charge in [0, 0.05) is 11.9 Å². The molecule has 1 rings (SSSR count). The van der Waals surface area contributed by atoms with Gasteiger partial charge in [0.1, 0.15) is 5.69 Å². The molecular weight excluding hydrogens is 270 g/mol. The summed E-state index contributed by atoms with van der Waals surface area (Å²) in [7, 11) is 0.